The van der Waals surface area contributed by atoms with Gasteiger partial charge in [0.1, 0.15) is 0 Å². The molecule has 0 spiro atoms. The van der Waals surface area contributed by atoms with E-state index in [1.54, 1.807) is 12.1 Å². The quantitative estimate of drug-likeness (QED) is 0.669. The molecule has 2 bridgehead atoms. The summed E-state index contributed by atoms with van der Waals surface area (Å²) in [5, 5.41) is 8.97. The third-order valence-electron chi connectivity index (χ3n) is 6.04. The van der Waals surface area contributed by atoms with Crippen LogP contribution < -0.4 is 4.90 Å². The zero-order valence-electron chi connectivity index (χ0n) is 12.3. The molecule has 1 saturated heterocycles. The molecule has 116 valence electrons. The number of nitrogens with zero attached hydrogens (tertiary/aromatic N) is 1. The summed E-state index contributed by atoms with van der Waals surface area (Å²) < 4.78 is 0. The molecule has 1 heterocycles. The van der Waals surface area contributed by atoms with Crippen LogP contribution in [-0.4, -0.2) is 22.9 Å². The topological polar surface area (TPSA) is 74.7 Å². The van der Waals surface area contributed by atoms with Crippen LogP contribution in [0.3, 0.4) is 0 Å². The van der Waals surface area contributed by atoms with Gasteiger partial charge in [-0.05, 0) is 54.4 Å². The van der Waals surface area contributed by atoms with Crippen molar-refractivity contribution in [2.24, 2.45) is 35.5 Å². The number of hydrogen-bond acceptors (Lipinski definition) is 3. The second kappa shape index (κ2) is 4.10. The molecule has 1 aromatic carbocycles. The van der Waals surface area contributed by atoms with Crippen LogP contribution >= 0.6 is 0 Å². The maximum absolute atomic E-state index is 12.9. The SMILES string of the molecule is O=C(O)c1ccc(N2C(=O)[C@H]3[C@@H]4C=C[C@H]([C@@H]5C[C@@H]45)[C@@H]3C2=O)cc1. The van der Waals surface area contributed by atoms with Crippen LogP contribution in [0.15, 0.2) is 36.4 Å². The Balaban J connectivity index is 1.53. The molecule has 3 fully saturated rings. The number of imide groups is 1. The van der Waals surface area contributed by atoms with E-state index in [2.05, 4.69) is 12.2 Å². The summed E-state index contributed by atoms with van der Waals surface area (Å²) in [6.07, 6.45) is 5.42. The number of rotatable bonds is 2. The standard InChI is InChI=1S/C18H15NO4/c20-16-14-10-5-6-11(13-7-12(10)13)15(14)17(21)19(16)9-3-1-8(2-4-9)18(22)23/h1-6,10-15H,7H2,(H,22,23)/t10-,11-,12+,13+,14+,15+/m1/s1. The number of carbonyl (C=O) groups is 3. The molecule has 0 aromatic heterocycles. The molecular weight excluding hydrogens is 294 g/mol. The maximum atomic E-state index is 12.9. The minimum Gasteiger partial charge on any atom is -0.478 e. The Labute approximate surface area is 132 Å². The molecule has 2 amide bonds. The lowest BCUT2D eigenvalue weighted by Crippen LogP contribution is -2.40. The third-order valence-corrected chi connectivity index (χ3v) is 6.04. The lowest BCUT2D eigenvalue weighted by molar-refractivity contribution is -0.124. The summed E-state index contributed by atoms with van der Waals surface area (Å²) in [7, 11) is 0. The highest BCUT2D eigenvalue weighted by molar-refractivity contribution is 6.22. The summed E-state index contributed by atoms with van der Waals surface area (Å²) in [6, 6.07) is 5.97. The van der Waals surface area contributed by atoms with Crippen molar-refractivity contribution in [3.8, 4) is 0 Å². The largest absolute Gasteiger partial charge is 0.478 e. The van der Waals surface area contributed by atoms with Gasteiger partial charge in [-0.2, -0.15) is 0 Å². The molecular formula is C18H15NO4. The van der Waals surface area contributed by atoms with E-state index in [0.29, 0.717) is 17.5 Å². The van der Waals surface area contributed by atoms with E-state index in [-0.39, 0.29) is 41.0 Å². The molecule has 1 aromatic rings. The van der Waals surface area contributed by atoms with Crippen molar-refractivity contribution < 1.29 is 19.5 Å². The van der Waals surface area contributed by atoms with Crippen molar-refractivity contribution in [2.75, 3.05) is 4.90 Å². The molecule has 2 saturated carbocycles. The van der Waals surface area contributed by atoms with E-state index >= 15 is 0 Å². The van der Waals surface area contributed by atoms with Gasteiger partial charge in [-0.1, -0.05) is 12.2 Å². The fourth-order valence-electron chi connectivity index (χ4n) is 4.96. The lowest BCUT2D eigenvalue weighted by atomic mass is 9.63. The predicted molar refractivity (Wildman–Crippen MR) is 80.6 cm³/mol. The molecule has 1 aliphatic heterocycles. The van der Waals surface area contributed by atoms with E-state index in [1.807, 2.05) is 0 Å². The second-order valence-electron chi connectivity index (χ2n) is 7.02. The normalized spacial score (nSPS) is 39.4. The number of carboxylic acid groups (broad SMARTS) is 1. The molecule has 5 aliphatic rings. The zero-order valence-corrected chi connectivity index (χ0v) is 12.3. The molecule has 6 atom stereocenters. The third kappa shape index (κ3) is 1.54. The number of carbonyl (C=O) groups excluding carboxylic acids is 2. The fraction of sp³-hybridized carbons (Fsp3) is 0.389. The van der Waals surface area contributed by atoms with Gasteiger partial charge in [-0.15, -0.1) is 0 Å². The van der Waals surface area contributed by atoms with Gasteiger partial charge in [0.25, 0.3) is 0 Å². The van der Waals surface area contributed by atoms with Crippen molar-refractivity contribution in [3.63, 3.8) is 0 Å². The summed E-state index contributed by atoms with van der Waals surface area (Å²) in [5.74, 6) is -0.132. The summed E-state index contributed by atoms with van der Waals surface area (Å²) in [4.78, 5) is 38.0. The van der Waals surface area contributed by atoms with Gasteiger partial charge in [0.05, 0.1) is 23.1 Å². The number of aromatic carboxylic acids is 1. The molecule has 5 nitrogen and oxygen atoms in total. The van der Waals surface area contributed by atoms with Crippen molar-refractivity contribution in [2.45, 2.75) is 6.42 Å². The average Bonchev–Trinajstić information content (AvgIpc) is 3.32. The van der Waals surface area contributed by atoms with E-state index in [1.165, 1.54) is 17.0 Å². The molecule has 0 unspecified atom stereocenters. The van der Waals surface area contributed by atoms with Crippen LogP contribution in [-0.2, 0) is 9.59 Å². The number of hydrogen-bond donors (Lipinski definition) is 1. The highest BCUT2D eigenvalue weighted by Gasteiger charge is 2.67. The Hall–Kier alpha value is -2.43. The van der Waals surface area contributed by atoms with E-state index in [0.717, 1.165) is 6.42 Å². The van der Waals surface area contributed by atoms with Gasteiger partial charge < -0.3 is 5.11 Å². The Kier molecular flexibility index (Phi) is 2.33. The number of benzene rings is 1. The maximum Gasteiger partial charge on any atom is 0.335 e. The Morgan fingerprint density at radius 1 is 0.957 bits per heavy atom. The summed E-state index contributed by atoms with van der Waals surface area (Å²) >= 11 is 0. The highest BCUT2D eigenvalue weighted by atomic mass is 16.4. The highest BCUT2D eigenvalue weighted by Crippen LogP contribution is 2.65. The van der Waals surface area contributed by atoms with Crippen LogP contribution in [0.2, 0.25) is 0 Å². The molecule has 23 heavy (non-hydrogen) atoms. The summed E-state index contributed by atoms with van der Waals surface area (Å²) in [6.45, 7) is 0. The van der Waals surface area contributed by atoms with Crippen LogP contribution in [0.25, 0.3) is 0 Å². The second-order valence-corrected chi connectivity index (χ2v) is 7.02. The molecule has 0 radical (unpaired) electrons. The van der Waals surface area contributed by atoms with E-state index in [9.17, 15) is 14.4 Å². The van der Waals surface area contributed by atoms with Gasteiger partial charge in [0.15, 0.2) is 0 Å². The van der Waals surface area contributed by atoms with Crippen molar-refractivity contribution in [1.29, 1.82) is 0 Å². The zero-order chi connectivity index (χ0) is 15.9. The van der Waals surface area contributed by atoms with Crippen LogP contribution in [0.5, 0.6) is 0 Å². The molecule has 5 heteroatoms. The van der Waals surface area contributed by atoms with E-state index < -0.39 is 5.97 Å². The first kappa shape index (κ1) is 13.0. The lowest BCUT2D eigenvalue weighted by Gasteiger charge is -2.37. The van der Waals surface area contributed by atoms with Crippen molar-refractivity contribution >= 4 is 23.5 Å². The van der Waals surface area contributed by atoms with Crippen molar-refractivity contribution in [3.05, 3.63) is 42.0 Å². The van der Waals surface area contributed by atoms with Crippen LogP contribution in [0.1, 0.15) is 16.8 Å². The predicted octanol–water partition coefficient (Wildman–Crippen LogP) is 1.94. The number of anilines is 1. The first-order valence-electron chi connectivity index (χ1n) is 7.97. The van der Waals surface area contributed by atoms with Gasteiger partial charge in [0, 0.05) is 0 Å². The number of carboxylic acids is 1. The first-order chi connectivity index (χ1) is 11.1. The Bertz CT molecular complexity index is 745. The average molecular weight is 309 g/mol. The van der Waals surface area contributed by atoms with Gasteiger partial charge in [0.2, 0.25) is 11.8 Å². The minimum absolute atomic E-state index is 0.118. The van der Waals surface area contributed by atoms with Gasteiger partial charge in [-0.25, -0.2) is 4.79 Å². The van der Waals surface area contributed by atoms with Gasteiger partial charge in [-0.3, -0.25) is 14.5 Å². The fourth-order valence-corrected chi connectivity index (χ4v) is 4.96. The Morgan fingerprint density at radius 2 is 1.48 bits per heavy atom. The van der Waals surface area contributed by atoms with E-state index in [4.69, 9.17) is 5.11 Å². The molecule has 1 N–H and O–H groups in total. The molecule has 4 aliphatic carbocycles. The van der Waals surface area contributed by atoms with Crippen molar-refractivity contribution in [1.82, 2.24) is 0 Å². The smallest absolute Gasteiger partial charge is 0.335 e. The van der Waals surface area contributed by atoms with Gasteiger partial charge >= 0.3 is 5.97 Å². The number of amides is 2. The monoisotopic (exact) mass is 309 g/mol. The van der Waals surface area contributed by atoms with Crippen LogP contribution in [0, 0.1) is 35.5 Å². The Morgan fingerprint density at radius 3 is 1.96 bits per heavy atom. The summed E-state index contributed by atoms with van der Waals surface area (Å²) in [5.41, 5.74) is 0.626. The van der Waals surface area contributed by atoms with Crippen LogP contribution in [0.4, 0.5) is 5.69 Å². The minimum atomic E-state index is -1.02. The first-order valence-corrected chi connectivity index (χ1v) is 7.97. The molecule has 6 rings (SSSR count). The number of allylic oxidation sites excluding steroid dienone is 2.